The van der Waals surface area contributed by atoms with Gasteiger partial charge in [-0.25, -0.2) is 0 Å². The fraction of sp³-hybridized carbons (Fsp3) is 0.833. The molecule has 3 aliphatic heterocycles. The molecule has 15 atom stereocenters. The number of fused-ring (bicyclic) bond motifs is 7. The van der Waals surface area contributed by atoms with Gasteiger partial charge in [-0.2, -0.15) is 0 Å². The van der Waals surface area contributed by atoms with Gasteiger partial charge in [-0.15, -0.1) is 0 Å². The molecule has 1 unspecified atom stereocenters. The summed E-state index contributed by atoms with van der Waals surface area (Å²) in [6.45, 7) is 19.4. The van der Waals surface area contributed by atoms with Crippen LogP contribution in [0.3, 0.4) is 0 Å². The maximum atomic E-state index is 13.7. The summed E-state index contributed by atoms with van der Waals surface area (Å²) in [7, 11) is 0. The quantitative estimate of drug-likeness (QED) is 0.211. The van der Waals surface area contributed by atoms with Gasteiger partial charge in [0.1, 0.15) is 12.2 Å². The van der Waals surface area contributed by atoms with Crippen molar-refractivity contribution in [2.24, 2.45) is 52.3 Å². The Balaban J connectivity index is 1.10. The second-order valence-electron chi connectivity index (χ2n) is 18.1. The van der Waals surface area contributed by atoms with E-state index in [1.165, 1.54) is 19.3 Å². The van der Waals surface area contributed by atoms with Gasteiger partial charge in [-0.3, -0.25) is 4.79 Å². The molecule has 0 radical (unpaired) electrons. The van der Waals surface area contributed by atoms with Crippen LogP contribution in [0.25, 0.3) is 0 Å². The first-order valence-corrected chi connectivity index (χ1v) is 20.0. The Morgan fingerprint density at radius 3 is 2.32 bits per heavy atom. The number of hydrogen-bond acceptors (Lipinski definition) is 8. The van der Waals surface area contributed by atoms with E-state index in [-0.39, 0.29) is 59.0 Å². The number of cyclic esters (lactones) is 1. The van der Waals surface area contributed by atoms with Crippen molar-refractivity contribution in [3.05, 3.63) is 35.9 Å². The molecule has 7 aliphatic rings. The summed E-state index contributed by atoms with van der Waals surface area (Å²) in [5.41, 5.74) is 1.29. The fourth-order valence-electron chi connectivity index (χ4n) is 13.4. The summed E-state index contributed by atoms with van der Waals surface area (Å²) in [6, 6.07) is 10.4. The lowest BCUT2D eigenvalue weighted by Crippen LogP contribution is -2.65. The van der Waals surface area contributed by atoms with Gasteiger partial charge < -0.3 is 33.2 Å². The topological polar surface area (TPSA) is 81.7 Å². The van der Waals surface area contributed by atoms with Gasteiger partial charge in [0.05, 0.1) is 31.3 Å². The molecule has 0 aromatic heterocycles. The van der Waals surface area contributed by atoms with Gasteiger partial charge in [0, 0.05) is 24.9 Å². The zero-order valence-electron chi connectivity index (χ0n) is 31.7. The fourth-order valence-corrected chi connectivity index (χ4v) is 13.4. The van der Waals surface area contributed by atoms with Crippen molar-refractivity contribution in [2.45, 2.75) is 149 Å². The van der Waals surface area contributed by atoms with E-state index in [2.05, 4.69) is 58.9 Å². The zero-order chi connectivity index (χ0) is 35.2. The van der Waals surface area contributed by atoms with E-state index >= 15 is 0 Å². The molecule has 50 heavy (non-hydrogen) atoms. The summed E-state index contributed by atoms with van der Waals surface area (Å²) in [6.07, 6.45) is 6.74. The van der Waals surface area contributed by atoms with Gasteiger partial charge in [0.2, 0.25) is 0 Å². The van der Waals surface area contributed by atoms with E-state index in [0.717, 1.165) is 31.2 Å². The first kappa shape index (κ1) is 35.5. The number of benzene rings is 1. The summed E-state index contributed by atoms with van der Waals surface area (Å²) >= 11 is 0. The Morgan fingerprint density at radius 1 is 0.900 bits per heavy atom. The SMILES string of the molecule is CCOC(C)O[C@H]1[C@@H]([C@@H](C)[C@H]2CC[C@H]3[C@@H]4CC5(OCCO5)[C@H]5C[C@@H]6OC(C)(C)O[C@@H]6C[C@]5(C)[C@H]4CC[C@]23C)OC(=O)[C@@H](C)[C@@H]1c1ccccc1. The highest BCUT2D eigenvalue weighted by atomic mass is 16.8. The van der Waals surface area contributed by atoms with Gasteiger partial charge in [-0.1, -0.05) is 58.0 Å². The molecule has 1 aromatic carbocycles. The lowest BCUT2D eigenvalue weighted by Gasteiger charge is -2.65. The average Bonchev–Trinajstić information content (AvgIpc) is 3.76. The highest BCUT2D eigenvalue weighted by molar-refractivity contribution is 5.75. The normalized spacial score (nSPS) is 47.1. The largest absolute Gasteiger partial charge is 0.459 e. The minimum absolute atomic E-state index is 0.0511. The van der Waals surface area contributed by atoms with E-state index in [4.69, 9.17) is 33.2 Å². The van der Waals surface area contributed by atoms with E-state index in [1.807, 2.05) is 26.8 Å². The standard InChI is InChI=1S/C42H62O8/c1-9-44-26(4)47-37-35(27-13-11-10-12-14-27)25(3)38(43)48-36(37)24(2)29-15-16-30-28-22-42(45-19-20-46-42)34-21-32-33(50-39(5,6)49-32)23-41(34,8)31(28)17-18-40(29,30)7/h10-14,24-26,28-37H,9,15-23H2,1-8H3/t24-,25-,26?,28-,29+,30-,31-,32-,33+,34-,35+,36+,37+,40+,41+/m0/s1. The zero-order valence-corrected chi connectivity index (χ0v) is 31.7. The number of rotatable bonds is 7. The molecule has 3 heterocycles. The molecule has 0 amide bonds. The number of esters is 1. The maximum absolute atomic E-state index is 13.7. The number of carbonyl (C=O) groups is 1. The van der Waals surface area contributed by atoms with Crippen molar-refractivity contribution in [1.29, 1.82) is 0 Å². The smallest absolute Gasteiger partial charge is 0.309 e. The summed E-state index contributed by atoms with van der Waals surface area (Å²) in [4.78, 5) is 13.7. The Morgan fingerprint density at radius 2 is 1.60 bits per heavy atom. The summed E-state index contributed by atoms with van der Waals surface area (Å²) < 4.78 is 45.8. The molecule has 3 saturated heterocycles. The first-order chi connectivity index (χ1) is 23.8. The predicted molar refractivity (Wildman–Crippen MR) is 188 cm³/mol. The molecule has 4 aliphatic carbocycles. The molecule has 7 fully saturated rings. The van der Waals surface area contributed by atoms with E-state index in [0.29, 0.717) is 49.4 Å². The third kappa shape index (κ3) is 5.55. The third-order valence-corrected chi connectivity index (χ3v) is 15.3. The minimum Gasteiger partial charge on any atom is -0.459 e. The molecule has 1 aromatic rings. The molecule has 4 saturated carbocycles. The molecule has 8 nitrogen and oxygen atoms in total. The summed E-state index contributed by atoms with van der Waals surface area (Å²) in [5.74, 6) is 0.831. The van der Waals surface area contributed by atoms with Gasteiger partial charge in [-0.05, 0) is 112 Å². The number of ether oxygens (including phenoxy) is 7. The Bertz CT molecular complexity index is 1390. The average molecular weight is 695 g/mol. The van der Waals surface area contributed by atoms with Crippen LogP contribution in [-0.4, -0.2) is 68.1 Å². The Labute approximate surface area is 299 Å². The molecule has 8 rings (SSSR count). The van der Waals surface area contributed by atoms with E-state index in [9.17, 15) is 4.79 Å². The molecular weight excluding hydrogens is 632 g/mol. The Hall–Kier alpha value is -1.55. The molecule has 1 spiro atoms. The maximum Gasteiger partial charge on any atom is 0.309 e. The van der Waals surface area contributed by atoms with Crippen molar-refractivity contribution in [1.82, 2.24) is 0 Å². The van der Waals surface area contributed by atoms with Crippen LogP contribution in [0, 0.1) is 52.3 Å². The third-order valence-electron chi connectivity index (χ3n) is 15.3. The lowest BCUT2D eigenvalue weighted by molar-refractivity contribution is -0.301. The molecule has 8 heteroatoms. The second kappa shape index (κ2) is 12.8. The highest BCUT2D eigenvalue weighted by Crippen LogP contribution is 2.71. The van der Waals surface area contributed by atoms with Crippen LogP contribution in [0.2, 0.25) is 0 Å². The molecule has 278 valence electrons. The Kier molecular flexibility index (Phi) is 9.08. The molecular formula is C42H62O8. The highest BCUT2D eigenvalue weighted by Gasteiger charge is 2.70. The molecule has 0 N–H and O–H groups in total. The number of hydrogen-bond donors (Lipinski definition) is 0. The minimum atomic E-state index is -0.551. The van der Waals surface area contributed by atoms with Crippen molar-refractivity contribution >= 4 is 5.97 Å². The van der Waals surface area contributed by atoms with Crippen LogP contribution in [0.15, 0.2) is 30.3 Å². The lowest BCUT2D eigenvalue weighted by atomic mass is 9.42. The monoisotopic (exact) mass is 694 g/mol. The van der Waals surface area contributed by atoms with E-state index in [1.54, 1.807) is 0 Å². The number of carbonyl (C=O) groups excluding carboxylic acids is 1. The van der Waals surface area contributed by atoms with Crippen molar-refractivity contribution in [2.75, 3.05) is 19.8 Å². The van der Waals surface area contributed by atoms with Gasteiger partial charge in [0.25, 0.3) is 0 Å². The predicted octanol–water partition coefficient (Wildman–Crippen LogP) is 7.88. The van der Waals surface area contributed by atoms with Crippen LogP contribution >= 0.6 is 0 Å². The van der Waals surface area contributed by atoms with Crippen LogP contribution in [0.5, 0.6) is 0 Å². The van der Waals surface area contributed by atoms with Crippen LogP contribution in [0.1, 0.15) is 112 Å². The van der Waals surface area contributed by atoms with Crippen molar-refractivity contribution < 1.29 is 38.0 Å². The van der Waals surface area contributed by atoms with E-state index < -0.39 is 17.9 Å². The summed E-state index contributed by atoms with van der Waals surface area (Å²) in [5, 5.41) is 0. The first-order valence-electron chi connectivity index (χ1n) is 20.0. The van der Waals surface area contributed by atoms with Crippen LogP contribution < -0.4 is 0 Å². The van der Waals surface area contributed by atoms with Crippen molar-refractivity contribution in [3.63, 3.8) is 0 Å². The van der Waals surface area contributed by atoms with Crippen molar-refractivity contribution in [3.8, 4) is 0 Å². The van der Waals surface area contributed by atoms with Gasteiger partial charge >= 0.3 is 5.97 Å². The molecule has 0 bridgehead atoms. The second-order valence-corrected chi connectivity index (χ2v) is 18.1. The van der Waals surface area contributed by atoms with Gasteiger partial charge in [0.15, 0.2) is 17.9 Å². The van der Waals surface area contributed by atoms with Crippen LogP contribution in [0.4, 0.5) is 0 Å². The van der Waals surface area contributed by atoms with Crippen LogP contribution in [-0.2, 0) is 38.0 Å².